The third kappa shape index (κ3) is 3.10. The molecule has 3 aliphatic rings. The summed E-state index contributed by atoms with van der Waals surface area (Å²) in [5, 5.41) is 14.6. The standard InChI is InChI=1S/C26H25FN4O6/c1-4-26(35)15-6-18-21-13(9-30(18)24(33)14(15)10-36-25(26)34)12(3)20-17(29-21)7-16(27)23-22(20)31(11-37-23)19(32)8-28-5-2/h6-7,28,35H,4-5,8-11H2,1-3H3/t26-/m0/s1. The van der Waals surface area contributed by atoms with Crippen molar-refractivity contribution in [1.82, 2.24) is 14.9 Å². The molecule has 0 saturated heterocycles. The Bertz CT molecular complexity index is 1600. The van der Waals surface area contributed by atoms with Gasteiger partial charge in [0, 0.05) is 22.6 Å². The Balaban J connectivity index is 1.58. The number of cyclic esters (lactones) is 1. The summed E-state index contributed by atoms with van der Waals surface area (Å²) < 4.78 is 27.3. The molecule has 1 atom stereocenters. The van der Waals surface area contributed by atoms with Gasteiger partial charge >= 0.3 is 5.97 Å². The lowest BCUT2D eigenvalue weighted by atomic mass is 9.86. The Morgan fingerprint density at radius 3 is 2.76 bits per heavy atom. The summed E-state index contributed by atoms with van der Waals surface area (Å²) in [7, 11) is 0. The SMILES string of the molecule is CCNCC(=O)N1COc2c(F)cc3nc4c(c(C)c3c21)Cn1c-4cc2c(c1=O)COC(=O)[C@]2(O)CC. The molecule has 0 saturated carbocycles. The van der Waals surface area contributed by atoms with E-state index in [0.29, 0.717) is 34.5 Å². The average Bonchev–Trinajstić information content (AvgIpc) is 3.48. The van der Waals surface area contributed by atoms with Gasteiger partial charge in [-0.2, -0.15) is 0 Å². The molecule has 0 unspecified atom stereocenters. The Kier molecular flexibility index (Phi) is 5.15. The first-order valence-electron chi connectivity index (χ1n) is 12.2. The van der Waals surface area contributed by atoms with Crippen LogP contribution in [0.25, 0.3) is 22.3 Å². The molecule has 6 rings (SSSR count). The van der Waals surface area contributed by atoms with Crippen molar-refractivity contribution in [2.45, 2.75) is 45.9 Å². The number of nitrogens with one attached hydrogen (secondary N) is 1. The highest BCUT2D eigenvalue weighted by atomic mass is 19.1. The van der Waals surface area contributed by atoms with E-state index >= 15 is 4.39 Å². The largest absolute Gasteiger partial charge is 0.467 e. The van der Waals surface area contributed by atoms with E-state index in [1.807, 2.05) is 13.8 Å². The summed E-state index contributed by atoms with van der Waals surface area (Å²) in [6.07, 6.45) is 0.0346. The second-order valence-corrected chi connectivity index (χ2v) is 9.47. The molecule has 1 aromatic carbocycles. The van der Waals surface area contributed by atoms with Crippen molar-refractivity contribution < 1.29 is 28.6 Å². The Labute approximate surface area is 210 Å². The maximum Gasteiger partial charge on any atom is 0.343 e. The minimum Gasteiger partial charge on any atom is -0.467 e. The Morgan fingerprint density at radius 1 is 1.24 bits per heavy atom. The minimum atomic E-state index is -1.94. The van der Waals surface area contributed by atoms with Gasteiger partial charge < -0.3 is 24.5 Å². The number of hydrogen-bond acceptors (Lipinski definition) is 8. The first kappa shape index (κ1) is 23.6. The molecule has 11 heteroatoms. The highest BCUT2D eigenvalue weighted by molar-refractivity contribution is 6.09. The van der Waals surface area contributed by atoms with Crippen LogP contribution < -0.4 is 20.5 Å². The fourth-order valence-electron chi connectivity index (χ4n) is 5.51. The van der Waals surface area contributed by atoms with Gasteiger partial charge in [0.2, 0.25) is 5.91 Å². The number of amides is 1. The lowest BCUT2D eigenvalue weighted by molar-refractivity contribution is -0.172. The van der Waals surface area contributed by atoms with E-state index in [1.165, 1.54) is 15.5 Å². The Morgan fingerprint density at radius 2 is 2.03 bits per heavy atom. The van der Waals surface area contributed by atoms with E-state index in [4.69, 9.17) is 14.5 Å². The van der Waals surface area contributed by atoms with E-state index in [-0.39, 0.29) is 61.2 Å². The van der Waals surface area contributed by atoms with Gasteiger partial charge in [-0.15, -0.1) is 0 Å². The number of esters is 1. The van der Waals surface area contributed by atoms with Gasteiger partial charge in [-0.3, -0.25) is 14.5 Å². The van der Waals surface area contributed by atoms with E-state index in [2.05, 4.69) is 5.32 Å². The van der Waals surface area contributed by atoms with Crippen molar-refractivity contribution in [2.75, 3.05) is 24.7 Å². The van der Waals surface area contributed by atoms with Crippen molar-refractivity contribution in [1.29, 1.82) is 0 Å². The molecular formula is C26H25FN4O6. The molecular weight excluding hydrogens is 483 g/mol. The van der Waals surface area contributed by atoms with E-state index < -0.39 is 17.4 Å². The molecule has 192 valence electrons. The van der Waals surface area contributed by atoms with Crippen LogP contribution in [0.1, 0.15) is 42.5 Å². The second kappa shape index (κ2) is 8.09. The molecule has 0 aliphatic carbocycles. The van der Waals surface area contributed by atoms with Crippen LogP contribution in [-0.4, -0.2) is 46.4 Å². The van der Waals surface area contributed by atoms with Crippen LogP contribution >= 0.6 is 0 Å². The molecule has 0 bridgehead atoms. The molecule has 37 heavy (non-hydrogen) atoms. The van der Waals surface area contributed by atoms with Crippen LogP contribution in [0, 0.1) is 12.7 Å². The fraction of sp³-hybridized carbons (Fsp3) is 0.385. The van der Waals surface area contributed by atoms with Gasteiger partial charge in [0.15, 0.2) is 23.9 Å². The van der Waals surface area contributed by atoms with Crippen LogP contribution in [0.5, 0.6) is 5.75 Å². The number of carbonyl (C=O) groups excluding carboxylic acids is 2. The normalized spacial score (nSPS) is 19.3. The fourth-order valence-corrected chi connectivity index (χ4v) is 5.51. The number of halogens is 1. The van der Waals surface area contributed by atoms with E-state index in [0.717, 1.165) is 11.1 Å². The first-order chi connectivity index (χ1) is 17.7. The van der Waals surface area contributed by atoms with Gasteiger partial charge in [-0.05, 0) is 31.5 Å². The molecule has 2 N–H and O–H groups in total. The second-order valence-electron chi connectivity index (χ2n) is 9.47. The summed E-state index contributed by atoms with van der Waals surface area (Å²) in [6, 6.07) is 2.88. The maximum atomic E-state index is 15.1. The number of pyridine rings is 2. The number of rotatable bonds is 4. The van der Waals surface area contributed by atoms with Crippen molar-refractivity contribution in [2.24, 2.45) is 0 Å². The monoisotopic (exact) mass is 508 g/mol. The quantitative estimate of drug-likeness (QED) is 0.400. The summed E-state index contributed by atoms with van der Waals surface area (Å²) in [4.78, 5) is 44.9. The molecule has 0 radical (unpaired) electrons. The highest BCUT2D eigenvalue weighted by Gasteiger charge is 2.45. The number of aromatic nitrogens is 2. The molecule has 3 aromatic rings. The van der Waals surface area contributed by atoms with Crippen LogP contribution in [0.3, 0.4) is 0 Å². The topological polar surface area (TPSA) is 123 Å². The van der Waals surface area contributed by atoms with Crippen LogP contribution in [0.4, 0.5) is 10.1 Å². The lowest BCUT2D eigenvalue weighted by Gasteiger charge is -2.31. The molecule has 1 amide bonds. The maximum absolute atomic E-state index is 15.1. The molecule has 3 aliphatic heterocycles. The lowest BCUT2D eigenvalue weighted by Crippen LogP contribution is -2.44. The number of aryl methyl sites for hydroxylation is 1. The molecule has 0 fully saturated rings. The molecule has 5 heterocycles. The van der Waals surface area contributed by atoms with Gasteiger partial charge in [0.1, 0.15) is 12.3 Å². The highest BCUT2D eigenvalue weighted by Crippen LogP contribution is 2.47. The smallest absolute Gasteiger partial charge is 0.343 e. The summed E-state index contributed by atoms with van der Waals surface area (Å²) in [5.41, 5.74) is 1.13. The Hall–Kier alpha value is -3.83. The van der Waals surface area contributed by atoms with Crippen molar-refractivity contribution >= 4 is 28.5 Å². The van der Waals surface area contributed by atoms with Crippen LogP contribution in [0.15, 0.2) is 16.9 Å². The van der Waals surface area contributed by atoms with Gasteiger partial charge in [-0.1, -0.05) is 13.8 Å². The van der Waals surface area contributed by atoms with Crippen molar-refractivity contribution in [3.63, 3.8) is 0 Å². The minimum absolute atomic E-state index is 0.00554. The molecule has 0 spiro atoms. The first-order valence-corrected chi connectivity index (χ1v) is 12.2. The third-order valence-electron chi connectivity index (χ3n) is 7.57. The third-order valence-corrected chi connectivity index (χ3v) is 7.57. The summed E-state index contributed by atoms with van der Waals surface area (Å²) in [6.45, 7) is 5.91. The van der Waals surface area contributed by atoms with E-state index in [9.17, 15) is 19.5 Å². The number of ether oxygens (including phenoxy) is 2. The zero-order valence-corrected chi connectivity index (χ0v) is 20.6. The predicted molar refractivity (Wildman–Crippen MR) is 131 cm³/mol. The number of likely N-dealkylation sites (N-methyl/N-ethyl adjacent to an activating group) is 1. The van der Waals surface area contributed by atoms with Crippen molar-refractivity contribution in [3.8, 4) is 17.1 Å². The number of nitrogens with zero attached hydrogens (tertiary/aromatic N) is 3. The zero-order chi connectivity index (χ0) is 26.2. The van der Waals surface area contributed by atoms with Crippen molar-refractivity contribution in [3.05, 3.63) is 50.6 Å². The predicted octanol–water partition coefficient (Wildman–Crippen LogP) is 1.82. The molecule has 10 nitrogen and oxygen atoms in total. The van der Waals surface area contributed by atoms with E-state index in [1.54, 1.807) is 13.0 Å². The average molecular weight is 509 g/mol. The van der Waals surface area contributed by atoms with Crippen LogP contribution in [0.2, 0.25) is 0 Å². The van der Waals surface area contributed by atoms with Gasteiger partial charge in [0.25, 0.3) is 5.56 Å². The van der Waals surface area contributed by atoms with Crippen LogP contribution in [-0.2, 0) is 33.1 Å². The molecule has 2 aromatic heterocycles. The number of hydrogen-bond donors (Lipinski definition) is 2. The number of fused-ring (bicyclic) bond motifs is 7. The zero-order valence-electron chi connectivity index (χ0n) is 20.6. The summed E-state index contributed by atoms with van der Waals surface area (Å²) >= 11 is 0. The number of aliphatic hydroxyl groups is 1. The number of benzene rings is 1. The number of anilines is 1. The van der Waals surface area contributed by atoms with Gasteiger partial charge in [0.05, 0.1) is 35.6 Å². The number of carbonyl (C=O) groups is 2. The summed E-state index contributed by atoms with van der Waals surface area (Å²) in [5.74, 6) is -1.71. The van der Waals surface area contributed by atoms with Gasteiger partial charge in [-0.25, -0.2) is 14.2 Å².